The summed E-state index contributed by atoms with van der Waals surface area (Å²) < 4.78 is 56.1. The zero-order chi connectivity index (χ0) is 31.7. The third-order valence-electron chi connectivity index (χ3n) is 6.00. The molecule has 0 bridgehead atoms. The van der Waals surface area contributed by atoms with Crippen molar-refractivity contribution < 1.29 is 34.8 Å². The molecule has 4 amide bonds. The zero-order valence-corrected chi connectivity index (χ0v) is 25.4. The minimum Gasteiger partial charge on any atom is -0.382 e. The van der Waals surface area contributed by atoms with Gasteiger partial charge in [-0.2, -0.15) is 16.8 Å². The van der Waals surface area contributed by atoms with Crippen LogP contribution in [0.1, 0.15) is 13.8 Å². The number of hydrogen-bond donors (Lipinski definition) is 4. The molecule has 0 aromatic heterocycles. The molecule has 0 aliphatic carbocycles. The quantitative estimate of drug-likeness (QED) is 0.143. The maximum Gasteiger partial charge on any atom is 0.323 e. The third-order valence-corrected chi connectivity index (χ3v) is 8.30. The van der Waals surface area contributed by atoms with Crippen LogP contribution in [0, 0.1) is 0 Å². The Morgan fingerprint density at radius 1 is 0.477 bits per heavy atom. The van der Waals surface area contributed by atoms with Crippen molar-refractivity contribution in [1.82, 2.24) is 0 Å². The fraction of sp³-hybridized carbons (Fsp3) is 0.133. The molecule has 0 aliphatic heterocycles. The Labute approximate surface area is 255 Å². The summed E-state index contributed by atoms with van der Waals surface area (Å²) in [5.41, 5.74) is 3.79. The van der Waals surface area contributed by atoms with Crippen LogP contribution in [-0.2, 0) is 20.2 Å². The molecule has 0 saturated heterocycles. The molecule has 4 aromatic carbocycles. The maximum atomic E-state index is 12.4. The number of hydrogen-bond acceptors (Lipinski definition) is 8. The van der Waals surface area contributed by atoms with E-state index >= 15 is 0 Å². The second-order valence-corrected chi connectivity index (χ2v) is 12.9. The van der Waals surface area contributed by atoms with Gasteiger partial charge in [-0.15, -0.1) is 0 Å². The van der Waals surface area contributed by atoms with Crippen molar-refractivity contribution in [2.75, 3.05) is 32.8 Å². The van der Waals surface area contributed by atoms with E-state index in [0.29, 0.717) is 22.7 Å². The van der Waals surface area contributed by atoms with Crippen molar-refractivity contribution in [1.29, 1.82) is 0 Å². The van der Waals surface area contributed by atoms with E-state index in [1.807, 2.05) is 24.3 Å². The SMILES string of the molecule is CCS(=O)(=O)Oc1ccc(NC(=O)Nc2ccc(-c3ccc(NC(=O)Nc4ccc(OS(=O)(=O)CC)cc4)cc3)cc2)cc1. The van der Waals surface area contributed by atoms with Crippen LogP contribution in [0.4, 0.5) is 32.3 Å². The number of anilines is 4. The number of carbonyl (C=O) groups excluding carboxylic acids is 2. The van der Waals surface area contributed by atoms with Crippen molar-refractivity contribution in [3.63, 3.8) is 0 Å². The Morgan fingerprint density at radius 2 is 0.727 bits per heavy atom. The molecule has 0 atom stereocenters. The van der Waals surface area contributed by atoms with Gasteiger partial charge in [0.1, 0.15) is 11.5 Å². The van der Waals surface area contributed by atoms with Gasteiger partial charge in [-0.1, -0.05) is 24.3 Å². The second-order valence-electron chi connectivity index (χ2n) is 9.22. The molecule has 0 saturated carbocycles. The summed E-state index contributed by atoms with van der Waals surface area (Å²) in [6, 6.07) is 25.3. The first-order valence-corrected chi connectivity index (χ1v) is 16.5. The summed E-state index contributed by atoms with van der Waals surface area (Å²) in [7, 11) is -7.26. The monoisotopic (exact) mass is 638 g/mol. The van der Waals surface area contributed by atoms with E-state index in [0.717, 1.165) is 11.1 Å². The van der Waals surface area contributed by atoms with E-state index in [9.17, 15) is 26.4 Å². The summed E-state index contributed by atoms with van der Waals surface area (Å²) >= 11 is 0. The first-order valence-electron chi connectivity index (χ1n) is 13.3. The maximum absolute atomic E-state index is 12.4. The van der Waals surface area contributed by atoms with Crippen LogP contribution < -0.4 is 29.6 Å². The van der Waals surface area contributed by atoms with Crippen molar-refractivity contribution in [2.24, 2.45) is 0 Å². The fourth-order valence-electron chi connectivity index (χ4n) is 3.68. The van der Waals surface area contributed by atoms with Gasteiger partial charge in [-0.3, -0.25) is 0 Å². The van der Waals surface area contributed by atoms with Gasteiger partial charge in [-0.05, 0) is 97.8 Å². The first kappa shape index (κ1) is 31.8. The van der Waals surface area contributed by atoms with Crippen LogP contribution in [0.25, 0.3) is 11.1 Å². The van der Waals surface area contributed by atoms with Crippen LogP contribution in [0.3, 0.4) is 0 Å². The van der Waals surface area contributed by atoms with Crippen molar-refractivity contribution >= 4 is 55.0 Å². The number of rotatable bonds is 11. The van der Waals surface area contributed by atoms with E-state index in [-0.39, 0.29) is 23.0 Å². The Balaban J connectivity index is 1.26. The van der Waals surface area contributed by atoms with Crippen molar-refractivity contribution in [3.05, 3.63) is 97.1 Å². The van der Waals surface area contributed by atoms with Gasteiger partial charge in [-0.25, -0.2) is 9.59 Å². The van der Waals surface area contributed by atoms with E-state index in [4.69, 9.17) is 8.37 Å². The predicted octanol–water partition coefficient (Wildman–Crippen LogP) is 6.10. The molecule has 14 heteroatoms. The lowest BCUT2D eigenvalue weighted by Gasteiger charge is -2.11. The van der Waals surface area contributed by atoms with E-state index < -0.39 is 32.3 Å². The van der Waals surface area contributed by atoms with Gasteiger partial charge in [0.2, 0.25) is 0 Å². The summed E-state index contributed by atoms with van der Waals surface area (Å²) in [6.07, 6.45) is 0. The Hall–Kier alpha value is -5.08. The van der Waals surface area contributed by atoms with Crippen molar-refractivity contribution in [3.8, 4) is 22.6 Å². The lowest BCUT2D eigenvalue weighted by molar-refractivity contribution is 0.261. The largest absolute Gasteiger partial charge is 0.382 e. The van der Waals surface area contributed by atoms with Gasteiger partial charge in [0.15, 0.2) is 0 Å². The highest BCUT2D eigenvalue weighted by Gasteiger charge is 2.11. The molecule has 0 spiro atoms. The molecular weight excluding hydrogens is 608 g/mol. The number of benzene rings is 4. The van der Waals surface area contributed by atoms with Crippen LogP contribution in [0.5, 0.6) is 11.5 Å². The molecular formula is C30H30N4O8S2. The second kappa shape index (κ2) is 13.9. The number of nitrogens with one attached hydrogen (secondary N) is 4. The van der Waals surface area contributed by atoms with Gasteiger partial charge in [0.05, 0.1) is 11.5 Å². The zero-order valence-electron chi connectivity index (χ0n) is 23.7. The molecule has 4 rings (SSSR count). The van der Waals surface area contributed by atoms with Crippen LogP contribution in [0.15, 0.2) is 97.1 Å². The molecule has 4 aromatic rings. The lowest BCUT2D eigenvalue weighted by Crippen LogP contribution is -2.19. The summed E-state index contributed by atoms with van der Waals surface area (Å²) in [5, 5.41) is 10.8. The molecule has 0 aliphatic rings. The standard InChI is InChI=1S/C30H30N4O8S2/c1-3-43(37,38)41-27-17-13-25(14-18-27)33-29(35)31-23-9-5-21(6-10-23)22-7-11-24(12-8-22)32-30(36)34-26-15-19-28(20-16-26)42-44(39,40)4-2/h5-20H,3-4H2,1-2H3,(H2,31,33,35)(H2,32,34,36). The normalized spacial score (nSPS) is 11.2. The molecule has 4 N–H and O–H groups in total. The van der Waals surface area contributed by atoms with E-state index in [1.54, 1.807) is 24.3 Å². The lowest BCUT2D eigenvalue weighted by atomic mass is 10.1. The molecule has 44 heavy (non-hydrogen) atoms. The molecule has 12 nitrogen and oxygen atoms in total. The predicted molar refractivity (Wildman–Crippen MR) is 170 cm³/mol. The highest BCUT2D eigenvalue weighted by Crippen LogP contribution is 2.24. The molecule has 0 fully saturated rings. The topological polar surface area (TPSA) is 169 Å². The summed E-state index contributed by atoms with van der Waals surface area (Å²) in [5.74, 6) is 0.00889. The smallest absolute Gasteiger partial charge is 0.323 e. The summed E-state index contributed by atoms with van der Waals surface area (Å²) in [6.45, 7) is 2.96. The molecule has 0 heterocycles. The minimum atomic E-state index is -3.63. The fourth-order valence-corrected chi connectivity index (χ4v) is 4.72. The summed E-state index contributed by atoms with van der Waals surface area (Å²) in [4.78, 5) is 24.8. The van der Waals surface area contributed by atoms with Gasteiger partial charge < -0.3 is 29.6 Å². The van der Waals surface area contributed by atoms with Crippen LogP contribution >= 0.6 is 0 Å². The van der Waals surface area contributed by atoms with Gasteiger partial charge in [0, 0.05) is 22.7 Å². The van der Waals surface area contributed by atoms with Gasteiger partial charge in [0.25, 0.3) is 0 Å². The first-order chi connectivity index (χ1) is 20.9. The van der Waals surface area contributed by atoms with Crippen molar-refractivity contribution in [2.45, 2.75) is 13.8 Å². The highest BCUT2D eigenvalue weighted by molar-refractivity contribution is 7.87. The van der Waals surface area contributed by atoms with E-state index in [2.05, 4.69) is 21.3 Å². The number of amides is 4. The Bertz CT molecular complexity index is 1670. The third kappa shape index (κ3) is 9.47. The Kier molecular flexibility index (Phi) is 10.1. The molecule has 0 radical (unpaired) electrons. The number of carbonyl (C=O) groups is 2. The Morgan fingerprint density at radius 3 is 0.977 bits per heavy atom. The molecule has 0 unspecified atom stereocenters. The highest BCUT2D eigenvalue weighted by atomic mass is 32.2. The van der Waals surface area contributed by atoms with E-state index in [1.165, 1.54) is 62.4 Å². The minimum absolute atomic E-state index is 0.151. The number of urea groups is 2. The van der Waals surface area contributed by atoms with Gasteiger partial charge >= 0.3 is 32.3 Å². The van der Waals surface area contributed by atoms with Crippen LogP contribution in [-0.4, -0.2) is 40.4 Å². The van der Waals surface area contributed by atoms with Crippen LogP contribution in [0.2, 0.25) is 0 Å². The average molecular weight is 639 g/mol. The molecule has 230 valence electrons. The average Bonchev–Trinajstić information content (AvgIpc) is 3.00.